The molecule has 0 saturated heterocycles. The van der Waals surface area contributed by atoms with Gasteiger partial charge in [-0.25, -0.2) is 4.98 Å². The number of nitro groups is 1. The molecule has 1 N–H and O–H groups in total. The molecule has 3 rings (SSSR count). The molecule has 0 aliphatic carbocycles. The number of rotatable bonds is 6. The minimum absolute atomic E-state index is 0.0483. The first-order valence-electron chi connectivity index (χ1n) is 6.09. The van der Waals surface area contributed by atoms with Crippen LogP contribution in [0.25, 0.3) is 0 Å². The Hall–Kier alpha value is -2.46. The molecule has 3 aromatic heterocycles. The highest BCUT2D eigenvalue weighted by molar-refractivity contribution is 8.01. The maximum absolute atomic E-state index is 10.9. The van der Waals surface area contributed by atoms with Gasteiger partial charge in [0.1, 0.15) is 5.76 Å². The van der Waals surface area contributed by atoms with Gasteiger partial charge in [-0.2, -0.15) is 0 Å². The van der Waals surface area contributed by atoms with Gasteiger partial charge in [0.25, 0.3) is 0 Å². The van der Waals surface area contributed by atoms with Crippen molar-refractivity contribution in [2.45, 2.75) is 15.9 Å². The number of nitrogens with zero attached hydrogens (tertiary/aromatic N) is 4. The third-order valence-corrected chi connectivity index (χ3v) is 4.47. The lowest BCUT2D eigenvalue weighted by Crippen LogP contribution is -1.96. The second-order valence-electron chi connectivity index (χ2n) is 3.99. The number of hydrogen-bond acceptors (Lipinski definition) is 9. The summed E-state index contributed by atoms with van der Waals surface area (Å²) in [4.78, 5) is 14.5. The average Bonchev–Trinajstić information content (AvgIpc) is 3.17. The van der Waals surface area contributed by atoms with Gasteiger partial charge in [-0.3, -0.25) is 10.1 Å². The normalized spacial score (nSPS) is 10.5. The van der Waals surface area contributed by atoms with Crippen LogP contribution in [0.1, 0.15) is 5.76 Å². The van der Waals surface area contributed by atoms with Crippen molar-refractivity contribution < 1.29 is 9.34 Å². The lowest BCUT2D eigenvalue weighted by atomic mass is 10.4. The highest BCUT2D eigenvalue weighted by Gasteiger charge is 2.17. The van der Waals surface area contributed by atoms with Crippen molar-refractivity contribution in [1.82, 2.24) is 15.2 Å². The summed E-state index contributed by atoms with van der Waals surface area (Å²) >= 11 is 2.41. The predicted octanol–water partition coefficient (Wildman–Crippen LogP) is 3.20. The Kier molecular flexibility index (Phi) is 4.30. The van der Waals surface area contributed by atoms with E-state index in [1.54, 1.807) is 12.3 Å². The molecule has 0 aliphatic rings. The molecule has 0 atom stereocenters. The number of pyridine rings is 1. The Balaban J connectivity index is 1.68. The van der Waals surface area contributed by atoms with Crippen molar-refractivity contribution in [3.63, 3.8) is 0 Å². The molecule has 10 heteroatoms. The summed E-state index contributed by atoms with van der Waals surface area (Å²) in [7, 11) is 0. The van der Waals surface area contributed by atoms with E-state index in [2.05, 4.69) is 20.5 Å². The zero-order chi connectivity index (χ0) is 15.4. The van der Waals surface area contributed by atoms with Gasteiger partial charge >= 0.3 is 5.69 Å². The predicted molar refractivity (Wildman–Crippen MR) is 81.0 cm³/mol. The van der Waals surface area contributed by atoms with Gasteiger partial charge in [0, 0.05) is 12.3 Å². The molecule has 3 aromatic rings. The largest absolute Gasteiger partial charge is 0.467 e. The molecule has 0 spiro atoms. The monoisotopic (exact) mass is 335 g/mol. The fourth-order valence-electron chi connectivity index (χ4n) is 1.58. The summed E-state index contributed by atoms with van der Waals surface area (Å²) in [6.07, 6.45) is 3.10. The van der Waals surface area contributed by atoms with Crippen LogP contribution in [0.15, 0.2) is 50.5 Å². The van der Waals surface area contributed by atoms with Crippen LogP contribution in [0.2, 0.25) is 0 Å². The molecule has 22 heavy (non-hydrogen) atoms. The van der Waals surface area contributed by atoms with Crippen LogP contribution in [0.3, 0.4) is 0 Å². The summed E-state index contributed by atoms with van der Waals surface area (Å²) in [6, 6.07) is 6.59. The number of hydrogen-bond donors (Lipinski definition) is 1. The molecular weight excluding hydrogens is 326 g/mol. The van der Waals surface area contributed by atoms with Crippen LogP contribution in [-0.4, -0.2) is 20.1 Å². The summed E-state index contributed by atoms with van der Waals surface area (Å²) in [5, 5.41) is 22.9. The van der Waals surface area contributed by atoms with Crippen LogP contribution in [0.4, 0.5) is 10.8 Å². The van der Waals surface area contributed by atoms with Gasteiger partial charge in [0.15, 0.2) is 9.37 Å². The van der Waals surface area contributed by atoms with E-state index >= 15 is 0 Å². The summed E-state index contributed by atoms with van der Waals surface area (Å²) < 4.78 is 5.78. The highest BCUT2D eigenvalue weighted by Crippen LogP contribution is 2.35. The zero-order valence-corrected chi connectivity index (χ0v) is 12.6. The van der Waals surface area contributed by atoms with Gasteiger partial charge in [-0.1, -0.05) is 11.3 Å². The minimum Gasteiger partial charge on any atom is -0.467 e. The number of aromatic nitrogens is 3. The molecule has 0 unspecified atom stereocenters. The topological polar surface area (TPSA) is 107 Å². The molecule has 8 nitrogen and oxygen atoms in total. The van der Waals surface area contributed by atoms with Crippen molar-refractivity contribution >= 4 is 33.9 Å². The van der Waals surface area contributed by atoms with E-state index in [4.69, 9.17) is 4.42 Å². The first-order valence-corrected chi connectivity index (χ1v) is 7.72. The third-order valence-electron chi connectivity index (χ3n) is 2.53. The average molecular weight is 335 g/mol. The molecule has 0 aliphatic heterocycles. The lowest BCUT2D eigenvalue weighted by Gasteiger charge is -1.98. The van der Waals surface area contributed by atoms with E-state index in [0.29, 0.717) is 21.0 Å². The molecule has 0 saturated carbocycles. The minimum atomic E-state index is -0.466. The maximum atomic E-state index is 10.9. The Morgan fingerprint density at radius 2 is 2.27 bits per heavy atom. The first-order chi connectivity index (χ1) is 10.7. The molecule has 0 fully saturated rings. The Morgan fingerprint density at radius 3 is 3.05 bits per heavy atom. The molecule has 0 amide bonds. The Bertz CT molecular complexity index is 775. The molecule has 3 heterocycles. The second-order valence-corrected chi connectivity index (χ2v) is 6.21. The molecule has 0 aromatic carbocycles. The lowest BCUT2D eigenvalue weighted by molar-refractivity contribution is -0.388. The second kappa shape index (κ2) is 6.54. The van der Waals surface area contributed by atoms with Gasteiger partial charge in [-0.05, 0) is 30.0 Å². The summed E-state index contributed by atoms with van der Waals surface area (Å²) in [5.41, 5.74) is -0.0483. The molecule has 0 bridgehead atoms. The molecule has 0 radical (unpaired) electrons. The van der Waals surface area contributed by atoms with Crippen molar-refractivity contribution in [2.24, 2.45) is 0 Å². The van der Waals surface area contributed by atoms with E-state index < -0.39 is 4.92 Å². The number of anilines is 1. The van der Waals surface area contributed by atoms with Crippen LogP contribution >= 0.6 is 23.1 Å². The van der Waals surface area contributed by atoms with E-state index in [9.17, 15) is 10.1 Å². The quantitative estimate of drug-likeness (QED) is 0.540. The van der Waals surface area contributed by atoms with Crippen molar-refractivity contribution in [3.05, 3.63) is 52.6 Å². The summed E-state index contributed by atoms with van der Waals surface area (Å²) in [6.45, 7) is 0.496. The van der Waals surface area contributed by atoms with E-state index in [1.807, 2.05) is 6.07 Å². The Morgan fingerprint density at radius 1 is 1.36 bits per heavy atom. The van der Waals surface area contributed by atoms with Gasteiger partial charge in [-0.15, -0.1) is 10.2 Å². The van der Waals surface area contributed by atoms with Crippen molar-refractivity contribution in [3.8, 4) is 0 Å². The highest BCUT2D eigenvalue weighted by atomic mass is 32.2. The summed E-state index contributed by atoms with van der Waals surface area (Å²) in [5.74, 6) is 0.782. The van der Waals surface area contributed by atoms with E-state index in [-0.39, 0.29) is 5.69 Å². The SMILES string of the molecule is O=[N+]([O-])c1cccnc1Sc1nnc(NCc2ccco2)s1. The van der Waals surface area contributed by atoms with Crippen LogP contribution in [-0.2, 0) is 6.54 Å². The fourth-order valence-corrected chi connectivity index (χ4v) is 3.30. The number of furan rings is 1. The number of nitrogens with one attached hydrogen (secondary N) is 1. The maximum Gasteiger partial charge on any atom is 0.301 e. The van der Waals surface area contributed by atoms with E-state index in [1.165, 1.54) is 29.7 Å². The van der Waals surface area contributed by atoms with Crippen LogP contribution in [0.5, 0.6) is 0 Å². The Labute approximate surface area is 132 Å². The third kappa shape index (κ3) is 3.40. The van der Waals surface area contributed by atoms with Gasteiger partial charge in [0.05, 0.1) is 17.7 Å². The van der Waals surface area contributed by atoms with Crippen LogP contribution < -0.4 is 5.32 Å². The van der Waals surface area contributed by atoms with E-state index in [0.717, 1.165) is 17.5 Å². The fraction of sp³-hybridized carbons (Fsp3) is 0.0833. The zero-order valence-electron chi connectivity index (χ0n) is 11.0. The molecular formula is C12H9N5O3S2. The van der Waals surface area contributed by atoms with Crippen molar-refractivity contribution in [2.75, 3.05) is 5.32 Å². The molecule has 112 valence electrons. The van der Waals surface area contributed by atoms with Gasteiger partial charge < -0.3 is 9.73 Å². The van der Waals surface area contributed by atoms with Gasteiger partial charge in [0.2, 0.25) is 5.13 Å². The standard InChI is InChI=1S/C12H9N5O3S2/c18-17(19)9-4-1-5-13-10(9)21-12-16-15-11(22-12)14-7-8-3-2-6-20-8/h1-6H,7H2,(H,14,15). The first kappa shape index (κ1) is 14.5. The van der Waals surface area contributed by atoms with Crippen molar-refractivity contribution in [1.29, 1.82) is 0 Å². The smallest absolute Gasteiger partial charge is 0.301 e. The van der Waals surface area contributed by atoms with Crippen LogP contribution in [0, 0.1) is 10.1 Å².